The fraction of sp³-hybridized carbons (Fsp3) is 0.545. The van der Waals surface area contributed by atoms with Crippen LogP contribution in [0, 0.1) is 6.92 Å². The number of aromatic nitrogens is 1. The predicted molar refractivity (Wildman–Crippen MR) is 64.0 cm³/mol. The van der Waals surface area contributed by atoms with Crippen molar-refractivity contribution in [2.45, 2.75) is 37.2 Å². The maximum absolute atomic E-state index is 2.51. The van der Waals surface area contributed by atoms with E-state index in [2.05, 4.69) is 65.5 Å². The van der Waals surface area contributed by atoms with Crippen molar-refractivity contribution >= 4 is 22.6 Å². The van der Waals surface area contributed by atoms with E-state index in [1.807, 2.05) is 0 Å². The van der Waals surface area contributed by atoms with Crippen LogP contribution in [0.5, 0.6) is 0 Å². The van der Waals surface area contributed by atoms with Gasteiger partial charge in [-0.2, -0.15) is 4.57 Å². The fourth-order valence-corrected chi connectivity index (χ4v) is 2.10. The Hall–Kier alpha value is -0.120. The molecule has 0 saturated carbocycles. The molecule has 0 saturated heterocycles. The summed E-state index contributed by atoms with van der Waals surface area (Å²) >= 11 is 2.51. The molecule has 0 amide bonds. The third-order valence-electron chi connectivity index (χ3n) is 2.09. The van der Waals surface area contributed by atoms with Gasteiger partial charge in [0.15, 0.2) is 12.4 Å². The average molecular weight is 290 g/mol. The molecule has 72 valence electrons. The second-order valence-electron chi connectivity index (χ2n) is 3.41. The van der Waals surface area contributed by atoms with E-state index in [0.717, 1.165) is 0 Å². The number of alkyl halides is 1. The summed E-state index contributed by atoms with van der Waals surface area (Å²) in [5.41, 5.74) is 1.33. The van der Waals surface area contributed by atoms with Crippen molar-refractivity contribution < 1.29 is 4.57 Å². The van der Waals surface area contributed by atoms with E-state index in [4.69, 9.17) is 0 Å². The highest BCUT2D eigenvalue weighted by Gasteiger charge is 2.12. The Bertz CT molecular complexity index is 260. The van der Waals surface area contributed by atoms with E-state index in [9.17, 15) is 0 Å². The quantitative estimate of drug-likeness (QED) is 0.454. The Labute approximate surface area is 94.3 Å². The Morgan fingerprint density at radius 3 is 2.92 bits per heavy atom. The van der Waals surface area contributed by atoms with Gasteiger partial charge in [-0.3, -0.25) is 0 Å². The Kier molecular flexibility index (Phi) is 4.70. The maximum Gasteiger partial charge on any atom is 0.207 e. The highest BCUT2D eigenvalue weighted by atomic mass is 127. The van der Waals surface area contributed by atoms with Gasteiger partial charge in [-0.05, 0) is 42.0 Å². The molecule has 1 heterocycles. The first-order valence-electron chi connectivity index (χ1n) is 4.85. The molecule has 0 radical (unpaired) electrons. The molecule has 0 aliphatic carbocycles. The summed E-state index contributed by atoms with van der Waals surface area (Å²) in [6, 6.07) is 4.26. The van der Waals surface area contributed by atoms with Gasteiger partial charge in [0.05, 0.1) is 0 Å². The van der Waals surface area contributed by atoms with Crippen LogP contribution >= 0.6 is 22.6 Å². The summed E-state index contributed by atoms with van der Waals surface area (Å²) in [4.78, 5) is 0. The minimum Gasteiger partial charge on any atom is -0.193 e. The van der Waals surface area contributed by atoms with Crippen LogP contribution in [0.15, 0.2) is 24.5 Å². The summed E-state index contributed by atoms with van der Waals surface area (Å²) < 4.78 is 2.91. The third kappa shape index (κ3) is 3.63. The van der Waals surface area contributed by atoms with Crippen molar-refractivity contribution in [1.29, 1.82) is 0 Å². The van der Waals surface area contributed by atoms with Crippen LogP contribution in [0.3, 0.4) is 0 Å². The molecular weight excluding hydrogens is 273 g/mol. The third-order valence-corrected chi connectivity index (χ3v) is 3.36. The second-order valence-corrected chi connectivity index (χ2v) is 4.84. The largest absolute Gasteiger partial charge is 0.207 e. The first-order chi connectivity index (χ1) is 6.24. The summed E-state index contributed by atoms with van der Waals surface area (Å²) in [7, 11) is 0. The van der Waals surface area contributed by atoms with Crippen LogP contribution in [0.2, 0.25) is 0 Å². The van der Waals surface area contributed by atoms with Crippen molar-refractivity contribution in [1.82, 2.24) is 0 Å². The molecule has 2 heteroatoms. The molecule has 1 atom stereocenters. The van der Waals surface area contributed by atoms with Gasteiger partial charge in [0, 0.05) is 18.1 Å². The minimum atomic E-state index is 0.609. The number of aryl methyl sites for hydroxylation is 1. The molecule has 0 fully saturated rings. The summed E-state index contributed by atoms with van der Waals surface area (Å²) in [5.74, 6) is 0. The number of pyridine rings is 1. The molecule has 0 spiro atoms. The van der Waals surface area contributed by atoms with Gasteiger partial charge in [-0.25, -0.2) is 0 Å². The predicted octanol–water partition coefficient (Wildman–Crippen LogP) is 3.41. The van der Waals surface area contributed by atoms with Crippen molar-refractivity contribution in [2.24, 2.45) is 0 Å². The first-order valence-corrected chi connectivity index (χ1v) is 6.10. The van der Waals surface area contributed by atoms with Gasteiger partial charge in [-0.15, -0.1) is 0 Å². The second kappa shape index (κ2) is 5.58. The average Bonchev–Trinajstić information content (AvgIpc) is 2.14. The van der Waals surface area contributed by atoms with Crippen LogP contribution < -0.4 is 4.57 Å². The number of halogens is 1. The smallest absolute Gasteiger partial charge is 0.193 e. The summed E-state index contributed by atoms with van der Waals surface area (Å²) in [6.07, 6.45) is 8.23. The SMILES string of the molecule is CCCCC(I)[n+]1cccc(C)c1. The molecular formula is C11H17IN+. The van der Waals surface area contributed by atoms with E-state index < -0.39 is 0 Å². The highest BCUT2D eigenvalue weighted by Crippen LogP contribution is 2.15. The van der Waals surface area contributed by atoms with E-state index in [1.165, 1.54) is 24.8 Å². The Morgan fingerprint density at radius 2 is 2.31 bits per heavy atom. The van der Waals surface area contributed by atoms with E-state index in [0.29, 0.717) is 4.05 Å². The molecule has 1 rings (SSSR count). The summed E-state index contributed by atoms with van der Waals surface area (Å²) in [6.45, 7) is 4.38. The number of hydrogen-bond donors (Lipinski definition) is 0. The van der Waals surface area contributed by atoms with E-state index in [1.54, 1.807) is 0 Å². The lowest BCUT2D eigenvalue weighted by Crippen LogP contribution is -2.35. The molecule has 0 aromatic carbocycles. The molecule has 13 heavy (non-hydrogen) atoms. The van der Waals surface area contributed by atoms with Gasteiger partial charge in [0.25, 0.3) is 0 Å². The molecule has 1 nitrogen and oxygen atoms in total. The fourth-order valence-electron chi connectivity index (χ4n) is 1.31. The Morgan fingerprint density at radius 1 is 1.54 bits per heavy atom. The van der Waals surface area contributed by atoms with Crippen LogP contribution in [0.25, 0.3) is 0 Å². The van der Waals surface area contributed by atoms with Crippen molar-refractivity contribution in [3.8, 4) is 0 Å². The normalized spacial score (nSPS) is 12.8. The number of unbranched alkanes of at least 4 members (excludes halogenated alkanes) is 1. The monoisotopic (exact) mass is 290 g/mol. The maximum atomic E-state index is 2.51. The van der Waals surface area contributed by atoms with Gasteiger partial charge < -0.3 is 0 Å². The van der Waals surface area contributed by atoms with Gasteiger partial charge >= 0.3 is 0 Å². The zero-order valence-electron chi connectivity index (χ0n) is 8.33. The van der Waals surface area contributed by atoms with Gasteiger partial charge in [0.2, 0.25) is 4.05 Å². The van der Waals surface area contributed by atoms with Crippen molar-refractivity contribution in [3.05, 3.63) is 30.1 Å². The van der Waals surface area contributed by atoms with Crippen molar-refractivity contribution in [2.75, 3.05) is 0 Å². The molecule has 0 aliphatic rings. The molecule has 1 unspecified atom stereocenters. The van der Waals surface area contributed by atoms with Crippen LogP contribution in [0.4, 0.5) is 0 Å². The van der Waals surface area contributed by atoms with E-state index in [-0.39, 0.29) is 0 Å². The van der Waals surface area contributed by atoms with Gasteiger partial charge in [0.1, 0.15) is 0 Å². The Balaban J connectivity index is 2.60. The van der Waals surface area contributed by atoms with Crippen LogP contribution in [0.1, 0.15) is 35.8 Å². The lowest BCUT2D eigenvalue weighted by Gasteiger charge is -2.04. The van der Waals surface area contributed by atoms with Gasteiger partial charge in [-0.1, -0.05) is 13.3 Å². The zero-order chi connectivity index (χ0) is 9.68. The first kappa shape index (κ1) is 11.0. The van der Waals surface area contributed by atoms with Crippen LogP contribution in [-0.4, -0.2) is 0 Å². The standard InChI is InChI=1S/C11H17IN/c1-3-4-7-11(12)13-8-5-6-10(2)9-13/h5-6,8-9,11H,3-4,7H2,1-2H3/q+1. The number of nitrogens with zero attached hydrogens (tertiary/aromatic N) is 1. The molecule has 1 aromatic heterocycles. The summed E-state index contributed by atoms with van der Waals surface area (Å²) in [5, 5.41) is 0. The lowest BCUT2D eigenvalue weighted by atomic mass is 10.2. The number of hydrogen-bond acceptors (Lipinski definition) is 0. The topological polar surface area (TPSA) is 3.88 Å². The minimum absolute atomic E-state index is 0.609. The zero-order valence-corrected chi connectivity index (χ0v) is 10.5. The molecule has 0 aliphatic heterocycles. The lowest BCUT2D eigenvalue weighted by molar-refractivity contribution is -0.695. The number of rotatable bonds is 4. The van der Waals surface area contributed by atoms with Crippen molar-refractivity contribution in [3.63, 3.8) is 0 Å². The highest BCUT2D eigenvalue weighted by molar-refractivity contribution is 14.1. The molecule has 1 aromatic rings. The van der Waals surface area contributed by atoms with Crippen LogP contribution in [-0.2, 0) is 0 Å². The molecule has 0 N–H and O–H groups in total. The molecule has 0 bridgehead atoms. The van der Waals surface area contributed by atoms with E-state index >= 15 is 0 Å².